The number of amides is 1. The highest BCUT2D eigenvalue weighted by atomic mass is 16.1. The molecule has 0 bridgehead atoms. The Bertz CT molecular complexity index is 830. The van der Waals surface area contributed by atoms with Gasteiger partial charge in [-0.1, -0.05) is 26.8 Å². The molecule has 6 atom stereocenters. The van der Waals surface area contributed by atoms with Crippen LogP contribution in [0.25, 0.3) is 5.57 Å². The maximum absolute atomic E-state index is 12.3. The molecule has 28 heavy (non-hydrogen) atoms. The fourth-order valence-corrected chi connectivity index (χ4v) is 7.63. The topological polar surface area (TPSA) is 42.0 Å². The number of fused-ring (bicyclic) bond motifs is 5. The van der Waals surface area contributed by atoms with Crippen molar-refractivity contribution >= 4 is 11.5 Å². The molecule has 3 nitrogen and oxygen atoms in total. The number of hydrogen-bond donors (Lipinski definition) is 1. The zero-order valence-electron chi connectivity index (χ0n) is 17.6. The second-order valence-corrected chi connectivity index (χ2v) is 10.4. The largest absolute Gasteiger partial charge is 0.356 e. The molecule has 1 aliphatic heterocycles. The van der Waals surface area contributed by atoms with E-state index in [2.05, 4.69) is 49.4 Å². The van der Waals surface area contributed by atoms with Gasteiger partial charge < -0.3 is 5.32 Å². The monoisotopic (exact) mass is 378 g/mol. The van der Waals surface area contributed by atoms with Crippen LogP contribution >= 0.6 is 0 Å². The summed E-state index contributed by atoms with van der Waals surface area (Å²) in [4.78, 5) is 16.8. The third-order valence-electron chi connectivity index (χ3n) is 9.25. The van der Waals surface area contributed by atoms with Gasteiger partial charge in [-0.2, -0.15) is 0 Å². The van der Waals surface area contributed by atoms with E-state index in [4.69, 9.17) is 0 Å². The number of hydrogen-bond acceptors (Lipinski definition) is 2. The number of piperidine rings is 1. The normalized spacial score (nSPS) is 42.1. The van der Waals surface area contributed by atoms with Crippen LogP contribution in [0.5, 0.6) is 0 Å². The first-order chi connectivity index (χ1) is 13.5. The fourth-order valence-electron chi connectivity index (χ4n) is 7.63. The van der Waals surface area contributed by atoms with Crippen LogP contribution < -0.4 is 5.32 Å². The van der Waals surface area contributed by atoms with Gasteiger partial charge in [0, 0.05) is 25.4 Å². The Labute approximate surface area is 169 Å². The lowest BCUT2D eigenvalue weighted by molar-refractivity contribution is -0.139. The minimum absolute atomic E-state index is 0.207. The lowest BCUT2D eigenvalue weighted by Crippen LogP contribution is -2.57. The average molecular weight is 379 g/mol. The molecule has 1 saturated heterocycles. The van der Waals surface area contributed by atoms with Crippen LogP contribution in [0, 0.1) is 34.5 Å². The number of nitrogens with one attached hydrogen (secondary N) is 1. The summed E-state index contributed by atoms with van der Waals surface area (Å²) in [6.07, 6.45) is 14.8. The number of rotatable bonds is 2. The summed E-state index contributed by atoms with van der Waals surface area (Å²) in [6, 6.07) is 2.36. The zero-order valence-corrected chi connectivity index (χ0v) is 17.6. The van der Waals surface area contributed by atoms with Crippen molar-refractivity contribution in [1.29, 1.82) is 0 Å². The molecule has 1 amide bonds. The quantitative estimate of drug-likeness (QED) is 0.785. The van der Waals surface area contributed by atoms with E-state index in [0.717, 1.165) is 31.2 Å². The summed E-state index contributed by atoms with van der Waals surface area (Å²) in [7, 11) is 0. The van der Waals surface area contributed by atoms with Crippen LogP contribution in [0.2, 0.25) is 0 Å². The molecular formula is C25H34N2O. The first-order valence-electron chi connectivity index (χ1n) is 11.4. The number of pyridine rings is 1. The van der Waals surface area contributed by atoms with Crippen molar-refractivity contribution in [3.8, 4) is 0 Å². The van der Waals surface area contributed by atoms with Crippen molar-refractivity contribution in [2.24, 2.45) is 34.5 Å². The summed E-state index contributed by atoms with van der Waals surface area (Å²) in [5.41, 5.74) is 4.71. The van der Waals surface area contributed by atoms with E-state index < -0.39 is 0 Å². The van der Waals surface area contributed by atoms with Crippen LogP contribution in [-0.2, 0) is 11.2 Å². The van der Waals surface area contributed by atoms with Gasteiger partial charge in [0.25, 0.3) is 0 Å². The Kier molecular flexibility index (Phi) is 4.23. The van der Waals surface area contributed by atoms with Crippen molar-refractivity contribution in [3.63, 3.8) is 0 Å². The van der Waals surface area contributed by atoms with Crippen LogP contribution in [0.15, 0.2) is 24.5 Å². The molecule has 0 radical (unpaired) electrons. The van der Waals surface area contributed by atoms with Crippen LogP contribution in [-0.4, -0.2) is 17.4 Å². The summed E-state index contributed by atoms with van der Waals surface area (Å²) in [6.45, 7) is 8.07. The van der Waals surface area contributed by atoms with E-state index in [9.17, 15) is 4.79 Å². The van der Waals surface area contributed by atoms with Gasteiger partial charge in [-0.05, 0) is 95.8 Å². The van der Waals surface area contributed by atoms with E-state index in [1.54, 1.807) is 5.57 Å². The highest BCUT2D eigenvalue weighted by Gasteiger charge is 2.59. The van der Waals surface area contributed by atoms with Crippen molar-refractivity contribution < 1.29 is 4.79 Å². The SMILES string of the molecule is CCc1cncc(C2=CCC3C4CCC5CNC(=O)CC5(C)C4CCC23C)c1. The van der Waals surface area contributed by atoms with Gasteiger partial charge in [-0.25, -0.2) is 0 Å². The highest BCUT2D eigenvalue weighted by Crippen LogP contribution is 2.66. The van der Waals surface area contributed by atoms with Gasteiger partial charge in [0.2, 0.25) is 5.91 Å². The van der Waals surface area contributed by atoms with E-state index in [1.807, 2.05) is 6.20 Å². The summed E-state index contributed by atoms with van der Waals surface area (Å²) >= 11 is 0. The van der Waals surface area contributed by atoms with E-state index in [0.29, 0.717) is 11.8 Å². The Hall–Kier alpha value is -1.64. The molecule has 6 unspecified atom stereocenters. The number of carbonyl (C=O) groups is 1. The van der Waals surface area contributed by atoms with Gasteiger partial charge in [-0.15, -0.1) is 0 Å². The first-order valence-corrected chi connectivity index (χ1v) is 11.4. The number of aryl methyl sites for hydroxylation is 1. The standard InChI is InChI=1S/C25H34N2O/c1-4-16-11-17(14-26-13-16)20-7-8-21-19-6-5-18-15-27-23(28)12-25(18,3)22(19)9-10-24(20,21)2/h7,11,13-14,18-19,21-22H,4-6,8-10,12,15H2,1-3H3,(H,27,28). The van der Waals surface area contributed by atoms with Crippen LogP contribution in [0.4, 0.5) is 0 Å². The number of allylic oxidation sites excluding steroid dienone is 2. The van der Waals surface area contributed by atoms with Gasteiger partial charge in [-0.3, -0.25) is 9.78 Å². The minimum atomic E-state index is 0.207. The third-order valence-corrected chi connectivity index (χ3v) is 9.25. The second-order valence-electron chi connectivity index (χ2n) is 10.4. The van der Waals surface area contributed by atoms with E-state index in [-0.39, 0.29) is 16.7 Å². The van der Waals surface area contributed by atoms with Crippen molar-refractivity contribution in [2.45, 2.75) is 65.7 Å². The lowest BCUT2D eigenvalue weighted by atomic mass is 9.46. The molecule has 0 spiro atoms. The Morgan fingerprint density at radius 3 is 2.86 bits per heavy atom. The van der Waals surface area contributed by atoms with Gasteiger partial charge in [0.15, 0.2) is 0 Å². The molecule has 5 rings (SSSR count). The predicted octanol–water partition coefficient (Wildman–Crippen LogP) is 5.02. The van der Waals surface area contributed by atoms with Crippen LogP contribution in [0.3, 0.4) is 0 Å². The van der Waals surface area contributed by atoms with E-state index in [1.165, 1.54) is 43.2 Å². The Morgan fingerprint density at radius 1 is 1.18 bits per heavy atom. The molecule has 3 heteroatoms. The number of aromatic nitrogens is 1. The molecule has 1 aromatic rings. The zero-order chi connectivity index (χ0) is 19.5. The molecule has 0 aromatic carbocycles. The third kappa shape index (κ3) is 2.54. The van der Waals surface area contributed by atoms with Crippen molar-refractivity contribution in [2.75, 3.05) is 6.54 Å². The molecule has 2 heterocycles. The fraction of sp³-hybridized carbons (Fsp3) is 0.680. The summed E-state index contributed by atoms with van der Waals surface area (Å²) in [5, 5.41) is 3.14. The maximum Gasteiger partial charge on any atom is 0.220 e. The minimum Gasteiger partial charge on any atom is -0.356 e. The molecule has 3 fully saturated rings. The van der Waals surface area contributed by atoms with Gasteiger partial charge in [0.1, 0.15) is 0 Å². The van der Waals surface area contributed by atoms with Crippen LogP contribution in [0.1, 0.15) is 70.4 Å². The average Bonchev–Trinajstić information content (AvgIpc) is 3.04. The maximum atomic E-state index is 12.3. The number of nitrogens with zero attached hydrogens (tertiary/aromatic N) is 1. The Balaban J connectivity index is 1.45. The van der Waals surface area contributed by atoms with Crippen molar-refractivity contribution in [1.82, 2.24) is 10.3 Å². The Morgan fingerprint density at radius 2 is 2.04 bits per heavy atom. The molecule has 150 valence electrons. The van der Waals surface area contributed by atoms with E-state index >= 15 is 0 Å². The molecule has 2 saturated carbocycles. The molecular weight excluding hydrogens is 344 g/mol. The first kappa shape index (κ1) is 18.4. The van der Waals surface area contributed by atoms with Crippen molar-refractivity contribution in [3.05, 3.63) is 35.7 Å². The summed E-state index contributed by atoms with van der Waals surface area (Å²) < 4.78 is 0. The molecule has 3 aliphatic carbocycles. The van der Waals surface area contributed by atoms with Gasteiger partial charge in [0.05, 0.1) is 0 Å². The second kappa shape index (κ2) is 6.43. The lowest BCUT2D eigenvalue weighted by Gasteiger charge is -2.59. The molecule has 1 N–H and O–H groups in total. The predicted molar refractivity (Wildman–Crippen MR) is 112 cm³/mol. The number of carbonyl (C=O) groups excluding carboxylic acids is 1. The molecule has 1 aromatic heterocycles. The smallest absolute Gasteiger partial charge is 0.220 e. The summed E-state index contributed by atoms with van der Waals surface area (Å²) in [5.74, 6) is 3.16. The van der Waals surface area contributed by atoms with Gasteiger partial charge >= 0.3 is 0 Å². The molecule has 4 aliphatic rings. The highest BCUT2D eigenvalue weighted by molar-refractivity contribution is 5.78.